The molecule has 0 aliphatic carbocycles. The van der Waals surface area contributed by atoms with Crippen molar-refractivity contribution < 1.29 is 147 Å². The molecule has 0 saturated heterocycles. The number of hydrogen-bond acceptors (Lipinski definition) is 10. The molecule has 0 spiro atoms. The smallest absolute Gasteiger partial charge is 0.726 e. The van der Waals surface area contributed by atoms with Gasteiger partial charge in [0.15, 0.2) is 0 Å². The molecule has 0 aromatic rings. The number of hydrogen-bond donors (Lipinski definition) is 0. The number of unbranched alkanes of at least 4 members (excludes halogenated alkanes) is 20. The van der Waals surface area contributed by atoms with Crippen LogP contribution in [0.1, 0.15) is 155 Å². The van der Waals surface area contributed by atoms with Crippen molar-refractivity contribution in [2.75, 3.05) is 39.6 Å². The van der Waals surface area contributed by atoms with Gasteiger partial charge in [0.05, 0.1) is 26.4 Å². The maximum atomic E-state index is 10.1. The molecule has 10 nitrogen and oxygen atoms in total. The van der Waals surface area contributed by atoms with Crippen LogP contribution in [0.4, 0.5) is 0 Å². The molecule has 0 aromatic heterocycles. The van der Waals surface area contributed by atoms with E-state index in [1.165, 1.54) is 116 Å². The maximum Gasteiger partial charge on any atom is 1.00 e. The predicted octanol–water partition coefficient (Wildman–Crippen LogP) is 1.59. The van der Waals surface area contributed by atoms with Crippen LogP contribution in [0.15, 0.2) is 0 Å². The summed E-state index contributed by atoms with van der Waals surface area (Å²) in [5.41, 5.74) is 0. The van der Waals surface area contributed by atoms with Crippen molar-refractivity contribution in [2.45, 2.75) is 155 Å². The fourth-order valence-electron chi connectivity index (χ4n) is 4.33. The monoisotopic (exact) mass is 724 g/mol. The fraction of sp³-hybridized carbons (Fsp3) is 1.00. The third-order valence-electron chi connectivity index (χ3n) is 6.70. The van der Waals surface area contributed by atoms with Crippen molar-refractivity contribution in [3.63, 3.8) is 0 Å². The maximum absolute atomic E-state index is 10.1. The molecule has 14 heteroatoms. The van der Waals surface area contributed by atoms with Crippen LogP contribution >= 0.6 is 0 Å². The molecule has 0 aliphatic heterocycles. The molecular weight excluding hydrogens is 663 g/mol. The summed E-state index contributed by atoms with van der Waals surface area (Å²) in [7, 11) is -9.14. The Morgan fingerprint density at radius 1 is 0.364 bits per heavy atom. The first-order valence-electron chi connectivity index (χ1n) is 16.5. The summed E-state index contributed by atoms with van der Waals surface area (Å²) in [6.45, 7) is 5.59. The first-order chi connectivity index (χ1) is 20.1. The number of rotatable bonds is 32. The van der Waals surface area contributed by atoms with Gasteiger partial charge in [0.2, 0.25) is 20.8 Å². The van der Waals surface area contributed by atoms with Crippen LogP contribution in [-0.2, 0) is 38.6 Å². The van der Waals surface area contributed by atoms with Gasteiger partial charge in [-0.3, -0.25) is 8.37 Å². The molecule has 0 N–H and O–H groups in total. The first-order valence-corrected chi connectivity index (χ1v) is 19.1. The SMILES string of the molecule is CCCCCCCCCCCCCCOCCOS(=O)(=O)[O-].CCCCCCCCCCCCOCCOS(=O)(=O)[O-].[K+].[K+]. The van der Waals surface area contributed by atoms with Crippen molar-refractivity contribution in [3.05, 3.63) is 0 Å². The van der Waals surface area contributed by atoms with Gasteiger partial charge >= 0.3 is 103 Å². The molecule has 0 rings (SSSR count). The third-order valence-corrected chi connectivity index (χ3v) is 7.61. The van der Waals surface area contributed by atoms with E-state index >= 15 is 0 Å². The summed E-state index contributed by atoms with van der Waals surface area (Å²) in [6, 6.07) is 0. The van der Waals surface area contributed by atoms with Crippen LogP contribution in [0.5, 0.6) is 0 Å². The fourth-order valence-corrected chi connectivity index (χ4v) is 4.88. The largest absolute Gasteiger partial charge is 1.00 e. The summed E-state index contributed by atoms with van der Waals surface area (Å²) in [5, 5.41) is 0. The van der Waals surface area contributed by atoms with E-state index in [0.29, 0.717) is 13.2 Å². The van der Waals surface area contributed by atoms with Crippen LogP contribution in [-0.4, -0.2) is 65.6 Å². The summed E-state index contributed by atoms with van der Waals surface area (Å²) in [4.78, 5) is 0. The van der Waals surface area contributed by atoms with Gasteiger partial charge in [0, 0.05) is 13.2 Å². The van der Waals surface area contributed by atoms with E-state index < -0.39 is 20.8 Å². The molecule has 0 aliphatic rings. The molecule has 0 radical (unpaired) electrons. The van der Waals surface area contributed by atoms with Crippen molar-refractivity contribution in [1.29, 1.82) is 0 Å². The van der Waals surface area contributed by atoms with E-state index in [4.69, 9.17) is 9.47 Å². The quantitative estimate of drug-likeness (QED) is 0.0433. The Hall–Kier alpha value is 2.93. The predicted molar refractivity (Wildman–Crippen MR) is 166 cm³/mol. The standard InChI is InChI=1S/C16H34O5S.C14H30O5S.2K/c1-2-3-4-5-6-7-8-9-10-11-12-13-14-20-15-16-21-22(17,18)19;1-2-3-4-5-6-7-8-9-10-11-12-18-13-14-19-20(15,16)17;;/h2-16H2,1H3,(H,17,18,19);2-14H2,1H3,(H,15,16,17);;/q;;2*+1/p-2. The summed E-state index contributed by atoms with van der Waals surface area (Å²) >= 11 is 0. The van der Waals surface area contributed by atoms with Crippen molar-refractivity contribution in [1.82, 2.24) is 0 Å². The minimum atomic E-state index is -4.57. The first kappa shape index (κ1) is 53.7. The molecule has 0 bridgehead atoms. The van der Waals surface area contributed by atoms with Gasteiger partial charge in [0.25, 0.3) is 0 Å². The van der Waals surface area contributed by atoms with Gasteiger partial charge in [-0.15, -0.1) is 0 Å². The van der Waals surface area contributed by atoms with Gasteiger partial charge < -0.3 is 18.6 Å². The Morgan fingerprint density at radius 3 is 0.818 bits per heavy atom. The molecule has 0 atom stereocenters. The van der Waals surface area contributed by atoms with E-state index in [1.807, 2.05) is 0 Å². The van der Waals surface area contributed by atoms with Crippen LogP contribution < -0.4 is 103 Å². The Labute approximate surface area is 356 Å². The molecular formula is C30H62K2O10S2. The molecule has 0 heterocycles. The summed E-state index contributed by atoms with van der Waals surface area (Å²) < 4.78 is 79.2. The van der Waals surface area contributed by atoms with Crippen molar-refractivity contribution in [2.24, 2.45) is 0 Å². The topological polar surface area (TPSA) is 151 Å². The van der Waals surface area contributed by atoms with Gasteiger partial charge in [-0.05, 0) is 12.8 Å². The average molecular weight is 725 g/mol. The molecule has 0 saturated carbocycles. The van der Waals surface area contributed by atoms with Gasteiger partial charge in [0.1, 0.15) is 0 Å². The normalized spacial score (nSPS) is 11.4. The molecule has 0 amide bonds. The average Bonchev–Trinajstić information content (AvgIpc) is 2.92. The zero-order valence-electron chi connectivity index (χ0n) is 28.7. The molecule has 256 valence electrons. The second kappa shape index (κ2) is 42.1. The Balaban J connectivity index is -0.000000349. The van der Waals surface area contributed by atoms with Crippen LogP contribution in [0.25, 0.3) is 0 Å². The van der Waals surface area contributed by atoms with Crippen molar-refractivity contribution in [3.8, 4) is 0 Å². The second-order valence-electron chi connectivity index (χ2n) is 10.8. The molecule has 44 heavy (non-hydrogen) atoms. The molecule has 0 aromatic carbocycles. The minimum absolute atomic E-state index is 0. The minimum Gasteiger partial charge on any atom is -0.726 e. The Bertz CT molecular complexity index is 742. The Kier molecular flexibility index (Phi) is 51.4. The summed E-state index contributed by atoms with van der Waals surface area (Å²) in [6.07, 6.45) is 28.2. The van der Waals surface area contributed by atoms with Gasteiger partial charge in [-0.25, -0.2) is 16.8 Å². The second-order valence-corrected chi connectivity index (χ2v) is 12.9. The van der Waals surface area contributed by atoms with Gasteiger partial charge in [-0.2, -0.15) is 0 Å². The van der Waals surface area contributed by atoms with Crippen LogP contribution in [0.2, 0.25) is 0 Å². The zero-order chi connectivity index (χ0) is 31.6. The van der Waals surface area contributed by atoms with E-state index in [-0.39, 0.29) is 129 Å². The number of ether oxygens (including phenoxy) is 2. The molecule has 0 fully saturated rings. The Morgan fingerprint density at radius 2 is 0.591 bits per heavy atom. The van der Waals surface area contributed by atoms with E-state index in [1.54, 1.807) is 0 Å². The summed E-state index contributed by atoms with van der Waals surface area (Å²) in [5.74, 6) is 0. The van der Waals surface area contributed by atoms with Gasteiger partial charge in [-0.1, -0.05) is 142 Å². The molecule has 0 unspecified atom stereocenters. The van der Waals surface area contributed by atoms with Crippen LogP contribution in [0, 0.1) is 0 Å². The third kappa shape index (κ3) is 57.2. The zero-order valence-corrected chi connectivity index (χ0v) is 36.6. The van der Waals surface area contributed by atoms with E-state index in [2.05, 4.69) is 22.2 Å². The van der Waals surface area contributed by atoms with Crippen LogP contribution in [0.3, 0.4) is 0 Å². The van der Waals surface area contributed by atoms with Crippen molar-refractivity contribution >= 4 is 20.8 Å². The van der Waals surface area contributed by atoms with E-state index in [9.17, 15) is 25.9 Å². The van der Waals surface area contributed by atoms with E-state index in [0.717, 1.165) is 25.7 Å².